The smallest absolute Gasteiger partial charge is 0.295 e. The second-order valence-corrected chi connectivity index (χ2v) is 9.01. The lowest BCUT2D eigenvalue weighted by atomic mass is 9.94. The normalized spacial score (nSPS) is 16.9. The van der Waals surface area contributed by atoms with Crippen molar-refractivity contribution in [2.24, 2.45) is 0 Å². The van der Waals surface area contributed by atoms with Gasteiger partial charge < -0.3 is 33.7 Å². The van der Waals surface area contributed by atoms with Gasteiger partial charge in [0.15, 0.2) is 11.5 Å². The van der Waals surface area contributed by atoms with Crippen LogP contribution in [0.5, 0.6) is 23.0 Å². The van der Waals surface area contributed by atoms with Crippen LogP contribution in [-0.4, -0.2) is 69.4 Å². The summed E-state index contributed by atoms with van der Waals surface area (Å²) in [6, 6.07) is 7.20. The number of ether oxygens (including phenoxy) is 5. The molecule has 0 aromatic heterocycles. The molecule has 1 aliphatic rings. The van der Waals surface area contributed by atoms with Gasteiger partial charge in [0, 0.05) is 26.3 Å². The minimum Gasteiger partial charge on any atom is -0.507 e. The highest BCUT2D eigenvalue weighted by Crippen LogP contribution is 2.44. The van der Waals surface area contributed by atoms with Crippen molar-refractivity contribution in [1.82, 2.24) is 4.90 Å². The molecule has 9 nitrogen and oxygen atoms in total. The van der Waals surface area contributed by atoms with Gasteiger partial charge >= 0.3 is 0 Å². The summed E-state index contributed by atoms with van der Waals surface area (Å²) >= 11 is 6.23. The number of methoxy groups -OCH3 is 4. The van der Waals surface area contributed by atoms with E-state index >= 15 is 0 Å². The van der Waals surface area contributed by atoms with Gasteiger partial charge in [-0.25, -0.2) is 0 Å². The summed E-state index contributed by atoms with van der Waals surface area (Å²) < 4.78 is 27.2. The van der Waals surface area contributed by atoms with Gasteiger partial charge in [-0.2, -0.15) is 0 Å². The minimum atomic E-state index is -0.898. The van der Waals surface area contributed by atoms with Crippen LogP contribution >= 0.6 is 11.6 Å². The third-order valence-corrected chi connectivity index (χ3v) is 6.18. The van der Waals surface area contributed by atoms with Crippen molar-refractivity contribution < 1.29 is 38.4 Å². The molecule has 37 heavy (non-hydrogen) atoms. The second-order valence-electron chi connectivity index (χ2n) is 8.60. The number of hydrogen-bond donors (Lipinski definition) is 1. The lowest BCUT2D eigenvalue weighted by Crippen LogP contribution is -2.31. The lowest BCUT2D eigenvalue weighted by Gasteiger charge is -2.26. The number of Topliss-reactive ketones (excluding diaryl/α,β-unsaturated/α-hetero) is 1. The molecule has 2 aromatic carbocycles. The summed E-state index contributed by atoms with van der Waals surface area (Å²) in [6.45, 7) is 4.41. The molecule has 1 amide bonds. The summed E-state index contributed by atoms with van der Waals surface area (Å²) in [5, 5.41) is 11.7. The number of halogens is 1. The summed E-state index contributed by atoms with van der Waals surface area (Å²) in [5.74, 6) is -0.536. The monoisotopic (exact) mass is 533 g/mol. The van der Waals surface area contributed by atoms with E-state index in [4.69, 9.17) is 35.3 Å². The quantitative estimate of drug-likeness (QED) is 0.193. The first-order valence-electron chi connectivity index (χ1n) is 11.7. The molecule has 0 radical (unpaired) electrons. The molecule has 1 unspecified atom stereocenters. The standard InChI is InChI=1S/C27H32ClNO8/c1-15(2)37-19-9-8-16(12-22(19)36-6)24-23(26(31)27(32)29(24)10-7-11-33-3)25(30)17-13-21(35-5)18(28)14-20(17)34-4/h8-9,12-15,24,30H,7,10-11H2,1-6H3/b25-23+. The van der Waals surface area contributed by atoms with E-state index in [1.165, 1.54) is 38.4 Å². The van der Waals surface area contributed by atoms with E-state index in [-0.39, 0.29) is 40.3 Å². The van der Waals surface area contributed by atoms with Crippen LogP contribution < -0.4 is 18.9 Å². The maximum atomic E-state index is 13.3. The van der Waals surface area contributed by atoms with Crippen molar-refractivity contribution in [2.45, 2.75) is 32.4 Å². The second kappa shape index (κ2) is 12.2. The Morgan fingerprint density at radius 1 is 0.973 bits per heavy atom. The molecular formula is C27H32ClNO8. The number of hydrogen-bond acceptors (Lipinski definition) is 8. The Balaban J connectivity index is 2.24. The zero-order valence-electron chi connectivity index (χ0n) is 21.8. The van der Waals surface area contributed by atoms with Crippen molar-refractivity contribution in [3.8, 4) is 23.0 Å². The van der Waals surface area contributed by atoms with Crippen molar-refractivity contribution in [2.75, 3.05) is 41.6 Å². The van der Waals surface area contributed by atoms with Gasteiger partial charge in [-0.15, -0.1) is 0 Å². The third kappa shape index (κ3) is 5.78. The molecule has 1 fully saturated rings. The Bertz CT molecular complexity index is 1190. The number of aliphatic hydroxyl groups is 1. The summed E-state index contributed by atoms with van der Waals surface area (Å²) in [7, 11) is 5.91. The molecule has 10 heteroatoms. The maximum absolute atomic E-state index is 13.3. The van der Waals surface area contributed by atoms with Crippen molar-refractivity contribution in [3.63, 3.8) is 0 Å². The Morgan fingerprint density at radius 2 is 1.65 bits per heavy atom. The Hall–Kier alpha value is -3.43. The Labute approximate surface area is 221 Å². The number of carbonyl (C=O) groups is 2. The fourth-order valence-electron chi connectivity index (χ4n) is 4.23. The zero-order chi connectivity index (χ0) is 27.3. The molecule has 0 spiro atoms. The fourth-order valence-corrected chi connectivity index (χ4v) is 4.46. The molecule has 0 aliphatic carbocycles. The van der Waals surface area contributed by atoms with Crippen LogP contribution in [0.4, 0.5) is 0 Å². The summed E-state index contributed by atoms with van der Waals surface area (Å²) in [5.41, 5.74) is 0.631. The Morgan fingerprint density at radius 3 is 2.24 bits per heavy atom. The van der Waals surface area contributed by atoms with Gasteiger partial charge in [0.2, 0.25) is 0 Å². The molecule has 1 heterocycles. The number of amides is 1. The van der Waals surface area contributed by atoms with E-state index in [9.17, 15) is 14.7 Å². The van der Waals surface area contributed by atoms with E-state index < -0.39 is 23.5 Å². The zero-order valence-corrected chi connectivity index (χ0v) is 22.5. The highest BCUT2D eigenvalue weighted by Gasteiger charge is 2.46. The highest BCUT2D eigenvalue weighted by atomic mass is 35.5. The SMILES string of the molecule is COCCCN1C(=O)C(=O)/C(=C(/O)c2cc(OC)c(Cl)cc2OC)C1c1ccc(OC(C)C)c(OC)c1. The van der Waals surface area contributed by atoms with E-state index in [1.54, 1.807) is 25.3 Å². The predicted octanol–water partition coefficient (Wildman–Crippen LogP) is 4.61. The molecule has 1 atom stereocenters. The minimum absolute atomic E-state index is 0.0909. The van der Waals surface area contributed by atoms with E-state index in [0.29, 0.717) is 30.1 Å². The number of rotatable bonds is 11. The third-order valence-electron chi connectivity index (χ3n) is 5.88. The first-order valence-corrected chi connectivity index (χ1v) is 12.1. The van der Waals surface area contributed by atoms with Crippen LogP contribution in [0, 0.1) is 0 Å². The summed E-state index contributed by atoms with van der Waals surface area (Å²) in [6.07, 6.45) is 0.399. The van der Waals surface area contributed by atoms with E-state index in [0.717, 1.165) is 0 Å². The maximum Gasteiger partial charge on any atom is 0.295 e. The van der Waals surface area contributed by atoms with Crippen molar-refractivity contribution in [1.29, 1.82) is 0 Å². The van der Waals surface area contributed by atoms with Gasteiger partial charge in [0.05, 0.1) is 49.6 Å². The van der Waals surface area contributed by atoms with Gasteiger partial charge in [0.1, 0.15) is 17.3 Å². The number of carbonyl (C=O) groups excluding carboxylic acids is 2. The topological polar surface area (TPSA) is 104 Å². The molecule has 2 aromatic rings. The van der Waals surface area contributed by atoms with Crippen molar-refractivity contribution in [3.05, 3.63) is 52.1 Å². The molecule has 1 saturated heterocycles. The van der Waals surface area contributed by atoms with Gasteiger partial charge in [-0.1, -0.05) is 17.7 Å². The molecule has 3 rings (SSSR count). The van der Waals surface area contributed by atoms with Crippen LogP contribution in [0.1, 0.15) is 37.4 Å². The number of likely N-dealkylation sites (tertiary alicyclic amines) is 1. The van der Waals surface area contributed by atoms with Crippen LogP contribution in [0.3, 0.4) is 0 Å². The average Bonchev–Trinajstić information content (AvgIpc) is 3.13. The molecule has 1 aliphatic heterocycles. The fraction of sp³-hybridized carbons (Fsp3) is 0.407. The number of benzene rings is 2. The molecule has 0 saturated carbocycles. The van der Waals surface area contributed by atoms with Gasteiger partial charge in [-0.05, 0) is 44.0 Å². The first kappa shape index (κ1) is 28.1. The van der Waals surface area contributed by atoms with Crippen LogP contribution in [0.2, 0.25) is 5.02 Å². The van der Waals surface area contributed by atoms with Crippen molar-refractivity contribution >= 4 is 29.1 Å². The van der Waals surface area contributed by atoms with Crippen LogP contribution in [0.15, 0.2) is 35.9 Å². The van der Waals surface area contributed by atoms with Crippen LogP contribution in [-0.2, 0) is 14.3 Å². The number of nitrogens with zero attached hydrogens (tertiary/aromatic N) is 1. The average molecular weight is 534 g/mol. The van der Waals surface area contributed by atoms with E-state index in [2.05, 4.69) is 0 Å². The summed E-state index contributed by atoms with van der Waals surface area (Å²) in [4.78, 5) is 27.9. The molecular weight excluding hydrogens is 502 g/mol. The predicted molar refractivity (Wildman–Crippen MR) is 139 cm³/mol. The van der Waals surface area contributed by atoms with Gasteiger partial charge in [0.25, 0.3) is 11.7 Å². The van der Waals surface area contributed by atoms with E-state index in [1.807, 2.05) is 13.8 Å². The molecule has 200 valence electrons. The first-order chi connectivity index (χ1) is 17.7. The van der Waals surface area contributed by atoms with Gasteiger partial charge in [-0.3, -0.25) is 9.59 Å². The number of ketones is 1. The molecule has 1 N–H and O–H groups in total. The highest BCUT2D eigenvalue weighted by molar-refractivity contribution is 6.46. The largest absolute Gasteiger partial charge is 0.507 e. The Kier molecular flexibility index (Phi) is 9.29. The lowest BCUT2D eigenvalue weighted by molar-refractivity contribution is -0.140. The van der Waals surface area contributed by atoms with Crippen LogP contribution in [0.25, 0.3) is 5.76 Å². The number of aliphatic hydroxyl groups excluding tert-OH is 1. The molecule has 0 bridgehead atoms.